The average molecular weight is 614 g/mol. The number of hydrogen-bond acceptors (Lipinski definition) is 6. The van der Waals surface area contributed by atoms with Crippen LogP contribution in [0.4, 0.5) is 0 Å². The minimum atomic E-state index is -3.67. The molecule has 0 radical (unpaired) electrons. The second kappa shape index (κ2) is 10.1. The maximum absolute atomic E-state index is 13.5. The van der Waals surface area contributed by atoms with Crippen LogP contribution >= 0.6 is 0 Å². The van der Waals surface area contributed by atoms with E-state index in [0.717, 1.165) is 44.2 Å². The molecule has 0 amide bonds. The van der Waals surface area contributed by atoms with Crippen LogP contribution in [0.2, 0.25) is 0 Å². The SMILES string of the molecule is O=S1(=O)c2ccccc2-c2ccc(-c3nc(-c4ccc(-c5ccccc5)cc4)nc(-c4ccc5oc6ccccc6c5c4)n3)cc21. The molecule has 0 atom stereocenters. The number of para-hydroxylation sites is 1. The molecule has 1 aliphatic heterocycles. The molecule has 2 aromatic heterocycles. The molecule has 3 heterocycles. The Hall–Kier alpha value is -5.92. The maximum atomic E-state index is 13.5. The molecule has 9 rings (SSSR count). The van der Waals surface area contributed by atoms with E-state index in [1.165, 1.54) is 0 Å². The van der Waals surface area contributed by atoms with Crippen molar-refractivity contribution in [3.8, 4) is 56.4 Å². The molecule has 0 unspecified atom stereocenters. The third-order valence-electron chi connectivity index (χ3n) is 8.52. The van der Waals surface area contributed by atoms with Crippen molar-refractivity contribution >= 4 is 31.8 Å². The Bertz CT molecular complexity index is 2590. The molecule has 7 heteroatoms. The Kier molecular flexibility index (Phi) is 5.79. The van der Waals surface area contributed by atoms with Crippen LogP contribution in [-0.4, -0.2) is 23.4 Å². The van der Waals surface area contributed by atoms with E-state index in [4.69, 9.17) is 19.4 Å². The predicted octanol–water partition coefficient (Wildman–Crippen LogP) is 9.25. The van der Waals surface area contributed by atoms with Gasteiger partial charge in [-0.1, -0.05) is 103 Å². The van der Waals surface area contributed by atoms with Gasteiger partial charge >= 0.3 is 0 Å². The van der Waals surface area contributed by atoms with Gasteiger partial charge in [-0.2, -0.15) is 0 Å². The molecule has 6 aromatic carbocycles. The van der Waals surface area contributed by atoms with Crippen molar-refractivity contribution in [3.05, 3.63) is 140 Å². The molecular formula is C39H23N3O3S. The van der Waals surface area contributed by atoms with Gasteiger partial charge < -0.3 is 4.42 Å². The Morgan fingerprint density at radius 3 is 1.76 bits per heavy atom. The van der Waals surface area contributed by atoms with Gasteiger partial charge in [-0.25, -0.2) is 23.4 Å². The van der Waals surface area contributed by atoms with Crippen LogP contribution in [0.25, 0.3) is 78.4 Å². The van der Waals surface area contributed by atoms with E-state index in [1.807, 2.05) is 97.1 Å². The van der Waals surface area contributed by atoms with Crippen molar-refractivity contribution in [2.75, 3.05) is 0 Å². The van der Waals surface area contributed by atoms with E-state index in [9.17, 15) is 8.42 Å². The molecule has 218 valence electrons. The van der Waals surface area contributed by atoms with E-state index >= 15 is 0 Å². The number of furan rings is 1. The van der Waals surface area contributed by atoms with Gasteiger partial charge in [-0.15, -0.1) is 0 Å². The molecule has 46 heavy (non-hydrogen) atoms. The maximum Gasteiger partial charge on any atom is 0.207 e. The lowest BCUT2D eigenvalue weighted by Crippen LogP contribution is -2.01. The molecule has 8 aromatic rings. The summed E-state index contributed by atoms with van der Waals surface area (Å²) in [7, 11) is -3.67. The van der Waals surface area contributed by atoms with E-state index in [-0.39, 0.29) is 4.90 Å². The molecule has 0 saturated carbocycles. The van der Waals surface area contributed by atoms with Crippen molar-refractivity contribution < 1.29 is 12.8 Å². The summed E-state index contributed by atoms with van der Waals surface area (Å²) in [5, 5.41) is 1.97. The average Bonchev–Trinajstić information content (AvgIpc) is 3.60. The summed E-state index contributed by atoms with van der Waals surface area (Å²) in [4.78, 5) is 15.3. The van der Waals surface area contributed by atoms with E-state index in [2.05, 4.69) is 24.3 Å². The molecule has 1 aliphatic rings. The summed E-state index contributed by atoms with van der Waals surface area (Å²) in [6.07, 6.45) is 0. The Labute approximate surface area is 264 Å². The number of fused-ring (bicyclic) bond motifs is 6. The summed E-state index contributed by atoms with van der Waals surface area (Å²) in [5.74, 6) is 1.35. The number of aromatic nitrogens is 3. The number of rotatable bonds is 4. The fraction of sp³-hybridized carbons (Fsp3) is 0. The van der Waals surface area contributed by atoms with Crippen LogP contribution in [0, 0.1) is 0 Å². The van der Waals surface area contributed by atoms with E-state index < -0.39 is 9.84 Å². The highest BCUT2D eigenvalue weighted by atomic mass is 32.2. The second-order valence-electron chi connectivity index (χ2n) is 11.3. The van der Waals surface area contributed by atoms with E-state index in [1.54, 1.807) is 18.2 Å². The second-order valence-corrected chi connectivity index (χ2v) is 13.2. The molecule has 0 saturated heterocycles. The quantitative estimate of drug-likeness (QED) is 0.197. The van der Waals surface area contributed by atoms with Crippen LogP contribution in [0.3, 0.4) is 0 Å². The predicted molar refractivity (Wildman–Crippen MR) is 180 cm³/mol. The highest BCUT2D eigenvalue weighted by molar-refractivity contribution is 7.92. The van der Waals surface area contributed by atoms with Crippen molar-refractivity contribution in [2.45, 2.75) is 9.79 Å². The zero-order chi connectivity index (χ0) is 30.8. The van der Waals surface area contributed by atoms with Crippen LogP contribution in [0.5, 0.6) is 0 Å². The number of hydrogen-bond donors (Lipinski definition) is 0. The lowest BCUT2D eigenvalue weighted by molar-refractivity contribution is 0.598. The fourth-order valence-corrected chi connectivity index (χ4v) is 7.93. The van der Waals surface area contributed by atoms with Crippen LogP contribution in [-0.2, 0) is 9.84 Å². The summed E-state index contributed by atoms with van der Waals surface area (Å²) >= 11 is 0. The van der Waals surface area contributed by atoms with Crippen LogP contribution < -0.4 is 0 Å². The minimum Gasteiger partial charge on any atom is -0.456 e. The number of benzene rings is 6. The zero-order valence-electron chi connectivity index (χ0n) is 24.3. The normalized spacial score (nSPS) is 13.1. The summed E-state index contributed by atoms with van der Waals surface area (Å²) < 4.78 is 33.1. The largest absolute Gasteiger partial charge is 0.456 e. The first kappa shape index (κ1) is 26.5. The highest BCUT2D eigenvalue weighted by Crippen LogP contribution is 2.44. The van der Waals surface area contributed by atoms with Crippen molar-refractivity contribution in [1.29, 1.82) is 0 Å². The van der Waals surface area contributed by atoms with Crippen molar-refractivity contribution in [2.24, 2.45) is 0 Å². The molecule has 0 bridgehead atoms. The fourth-order valence-electron chi connectivity index (χ4n) is 6.22. The first-order chi connectivity index (χ1) is 22.5. The van der Waals surface area contributed by atoms with Crippen LogP contribution in [0.1, 0.15) is 0 Å². The van der Waals surface area contributed by atoms with Crippen LogP contribution in [0.15, 0.2) is 154 Å². The molecule has 0 aliphatic carbocycles. The third kappa shape index (κ3) is 4.17. The zero-order valence-corrected chi connectivity index (χ0v) is 25.1. The van der Waals surface area contributed by atoms with Gasteiger partial charge in [0.25, 0.3) is 0 Å². The summed E-state index contributed by atoms with van der Waals surface area (Å²) in [6.45, 7) is 0. The van der Waals surface area contributed by atoms with E-state index in [0.29, 0.717) is 39.1 Å². The smallest absolute Gasteiger partial charge is 0.207 e. The Morgan fingerprint density at radius 1 is 0.413 bits per heavy atom. The lowest BCUT2D eigenvalue weighted by atomic mass is 10.0. The lowest BCUT2D eigenvalue weighted by Gasteiger charge is -2.10. The van der Waals surface area contributed by atoms with Gasteiger partial charge in [0.2, 0.25) is 9.84 Å². The number of sulfone groups is 1. The van der Waals surface area contributed by atoms with Crippen molar-refractivity contribution in [1.82, 2.24) is 15.0 Å². The monoisotopic (exact) mass is 613 g/mol. The topological polar surface area (TPSA) is 86.0 Å². The summed E-state index contributed by atoms with van der Waals surface area (Å²) in [6, 6.07) is 44.6. The molecule has 6 nitrogen and oxygen atoms in total. The highest BCUT2D eigenvalue weighted by Gasteiger charge is 2.33. The Balaban J connectivity index is 1.22. The standard InChI is InChI=1S/C39H23N3O3S/c43-46(44)35-13-7-5-11-30(35)31-20-18-28(23-36(31)46)39-41-37(26-16-14-25(15-17-26)24-8-2-1-3-9-24)40-38(42-39)27-19-21-34-32(22-27)29-10-4-6-12-33(29)45-34/h1-23H. The molecule has 0 fully saturated rings. The minimum absolute atomic E-state index is 0.258. The number of nitrogens with zero attached hydrogens (tertiary/aromatic N) is 3. The molecule has 0 spiro atoms. The molecular weight excluding hydrogens is 591 g/mol. The van der Waals surface area contributed by atoms with Crippen molar-refractivity contribution in [3.63, 3.8) is 0 Å². The third-order valence-corrected chi connectivity index (χ3v) is 10.4. The van der Waals surface area contributed by atoms with Gasteiger partial charge in [-0.05, 0) is 47.5 Å². The van der Waals surface area contributed by atoms with Gasteiger partial charge in [0.1, 0.15) is 11.2 Å². The summed E-state index contributed by atoms with van der Waals surface area (Å²) in [5.41, 5.74) is 7.39. The molecule has 0 N–H and O–H groups in total. The first-order valence-electron chi connectivity index (χ1n) is 14.9. The Morgan fingerprint density at radius 2 is 0.957 bits per heavy atom. The van der Waals surface area contributed by atoms with Gasteiger partial charge in [0.05, 0.1) is 9.79 Å². The van der Waals surface area contributed by atoms with Gasteiger partial charge in [0, 0.05) is 38.6 Å². The van der Waals surface area contributed by atoms with Gasteiger partial charge in [-0.3, -0.25) is 0 Å². The first-order valence-corrected chi connectivity index (χ1v) is 16.3. The van der Waals surface area contributed by atoms with Gasteiger partial charge in [0.15, 0.2) is 17.5 Å².